The third-order valence-electron chi connectivity index (χ3n) is 4.96. The molecule has 92 valence electrons. The topological polar surface area (TPSA) is 46.2 Å². The number of nitrogens with two attached hydrogens (primary N) is 1. The summed E-state index contributed by atoms with van der Waals surface area (Å²) in [6.45, 7) is 2.29. The summed E-state index contributed by atoms with van der Waals surface area (Å²) in [5.74, 6) is 0.999. The summed E-state index contributed by atoms with van der Waals surface area (Å²) in [7, 11) is 0. The fourth-order valence-corrected chi connectivity index (χ4v) is 3.87. The van der Waals surface area contributed by atoms with E-state index < -0.39 is 0 Å². The van der Waals surface area contributed by atoms with Gasteiger partial charge in [-0.1, -0.05) is 25.8 Å². The summed E-state index contributed by atoms with van der Waals surface area (Å²) in [6, 6.07) is 6.09. The van der Waals surface area contributed by atoms with E-state index in [0.717, 1.165) is 12.8 Å². The maximum absolute atomic E-state index is 9.72. The second kappa shape index (κ2) is 3.74. The van der Waals surface area contributed by atoms with Crippen LogP contribution in [0.2, 0.25) is 0 Å². The van der Waals surface area contributed by atoms with Gasteiger partial charge in [-0.15, -0.1) is 0 Å². The molecule has 2 heteroatoms. The molecule has 1 aromatic rings. The highest BCUT2D eigenvalue weighted by molar-refractivity contribution is 5.43. The maximum Gasteiger partial charge on any atom is 0.115 e. The molecule has 2 unspecified atom stereocenters. The van der Waals surface area contributed by atoms with Crippen molar-refractivity contribution in [3.05, 3.63) is 29.3 Å². The molecule has 0 heterocycles. The van der Waals surface area contributed by atoms with E-state index >= 15 is 0 Å². The van der Waals surface area contributed by atoms with Gasteiger partial charge in [0.1, 0.15) is 5.75 Å². The van der Waals surface area contributed by atoms with Crippen LogP contribution in [0, 0.1) is 5.92 Å². The molecule has 1 saturated carbocycles. The highest BCUT2D eigenvalue weighted by Gasteiger charge is 2.44. The molecular formula is C15H21NO. The van der Waals surface area contributed by atoms with Gasteiger partial charge in [-0.25, -0.2) is 0 Å². The molecule has 0 saturated heterocycles. The minimum atomic E-state index is 0.0630. The summed E-state index contributed by atoms with van der Waals surface area (Å²) in [5, 5.41) is 9.72. The molecule has 17 heavy (non-hydrogen) atoms. The van der Waals surface area contributed by atoms with Gasteiger partial charge < -0.3 is 10.8 Å². The van der Waals surface area contributed by atoms with Crippen LogP contribution in [0.3, 0.4) is 0 Å². The molecule has 0 radical (unpaired) electrons. The number of phenolic OH excluding ortho intramolecular Hbond substituents is 1. The lowest BCUT2D eigenvalue weighted by atomic mass is 9.63. The molecule has 0 spiro atoms. The van der Waals surface area contributed by atoms with E-state index in [2.05, 4.69) is 13.0 Å². The van der Waals surface area contributed by atoms with Gasteiger partial charge in [0.2, 0.25) is 0 Å². The Labute approximate surface area is 103 Å². The predicted molar refractivity (Wildman–Crippen MR) is 69.1 cm³/mol. The Balaban J connectivity index is 2.16. The molecule has 3 N–H and O–H groups in total. The third kappa shape index (κ3) is 1.58. The van der Waals surface area contributed by atoms with Crippen LogP contribution in [0.25, 0.3) is 0 Å². The summed E-state index contributed by atoms with van der Waals surface area (Å²) >= 11 is 0. The van der Waals surface area contributed by atoms with E-state index in [1.165, 1.54) is 30.4 Å². The number of fused-ring (bicyclic) bond motifs is 4. The van der Waals surface area contributed by atoms with E-state index in [4.69, 9.17) is 5.73 Å². The van der Waals surface area contributed by atoms with Crippen molar-refractivity contribution in [3.8, 4) is 5.75 Å². The first-order valence-electron chi connectivity index (χ1n) is 6.69. The number of aromatic hydroxyl groups is 1. The lowest BCUT2D eigenvalue weighted by molar-refractivity contribution is 0.254. The van der Waals surface area contributed by atoms with Crippen molar-refractivity contribution < 1.29 is 5.11 Å². The van der Waals surface area contributed by atoms with Crippen LogP contribution in [0.5, 0.6) is 5.75 Å². The lowest BCUT2D eigenvalue weighted by Gasteiger charge is -2.44. The molecule has 1 aromatic carbocycles. The second-order valence-corrected chi connectivity index (χ2v) is 5.99. The zero-order valence-electron chi connectivity index (χ0n) is 10.4. The predicted octanol–water partition coefficient (Wildman–Crippen LogP) is 2.72. The molecule has 3 rings (SSSR count). The van der Waals surface area contributed by atoms with Gasteiger partial charge in [-0.3, -0.25) is 0 Å². The molecule has 3 atom stereocenters. The van der Waals surface area contributed by atoms with Crippen LogP contribution < -0.4 is 5.73 Å². The Morgan fingerprint density at radius 1 is 1.35 bits per heavy atom. The number of benzene rings is 1. The minimum absolute atomic E-state index is 0.0630. The monoisotopic (exact) mass is 231 g/mol. The van der Waals surface area contributed by atoms with Crippen molar-refractivity contribution in [2.24, 2.45) is 11.7 Å². The molecule has 2 nitrogen and oxygen atoms in total. The largest absolute Gasteiger partial charge is 0.508 e. The fourth-order valence-electron chi connectivity index (χ4n) is 3.87. The smallest absolute Gasteiger partial charge is 0.115 e. The van der Waals surface area contributed by atoms with E-state index in [1.54, 1.807) is 0 Å². The molecule has 2 aliphatic carbocycles. The van der Waals surface area contributed by atoms with E-state index in [0.29, 0.717) is 11.7 Å². The zero-order valence-corrected chi connectivity index (χ0v) is 10.4. The molecular weight excluding hydrogens is 210 g/mol. The highest BCUT2D eigenvalue weighted by atomic mass is 16.3. The van der Waals surface area contributed by atoms with Gasteiger partial charge in [0.15, 0.2) is 0 Å². The SMILES string of the molecule is C[C@@]12CCCCC(Cc3ccc(O)cc31)C2N. The first-order chi connectivity index (χ1) is 8.11. The van der Waals surface area contributed by atoms with Gasteiger partial charge in [0, 0.05) is 11.5 Å². The molecule has 2 bridgehead atoms. The van der Waals surface area contributed by atoms with Crippen LogP contribution in [0.4, 0.5) is 0 Å². The Kier molecular flexibility index (Phi) is 2.44. The van der Waals surface area contributed by atoms with E-state index in [-0.39, 0.29) is 11.5 Å². The molecule has 0 aromatic heterocycles. The normalized spacial score (nSPS) is 36.1. The second-order valence-electron chi connectivity index (χ2n) is 5.99. The number of phenols is 1. The summed E-state index contributed by atoms with van der Waals surface area (Å²) in [6.07, 6.45) is 6.06. The molecule has 1 fully saturated rings. The number of hydrogen-bond donors (Lipinski definition) is 2. The lowest BCUT2D eigenvalue weighted by Crippen LogP contribution is -2.51. The Morgan fingerprint density at radius 3 is 3.00 bits per heavy atom. The van der Waals surface area contributed by atoms with Crippen LogP contribution in [-0.2, 0) is 11.8 Å². The number of rotatable bonds is 0. The van der Waals surface area contributed by atoms with E-state index in [9.17, 15) is 5.11 Å². The average molecular weight is 231 g/mol. The summed E-state index contributed by atoms with van der Waals surface area (Å²) in [5.41, 5.74) is 9.26. The van der Waals surface area contributed by atoms with Crippen molar-refractivity contribution >= 4 is 0 Å². The van der Waals surface area contributed by atoms with Gasteiger partial charge in [0.25, 0.3) is 0 Å². The van der Waals surface area contributed by atoms with Crippen LogP contribution in [0.15, 0.2) is 18.2 Å². The van der Waals surface area contributed by atoms with Crippen molar-refractivity contribution in [1.82, 2.24) is 0 Å². The van der Waals surface area contributed by atoms with Gasteiger partial charge in [-0.2, -0.15) is 0 Å². The summed E-state index contributed by atoms with van der Waals surface area (Å²) in [4.78, 5) is 0. The first kappa shape index (κ1) is 11.1. The minimum Gasteiger partial charge on any atom is -0.508 e. The fraction of sp³-hybridized carbons (Fsp3) is 0.600. The maximum atomic E-state index is 9.72. The Bertz CT molecular complexity index is 443. The Morgan fingerprint density at radius 2 is 2.18 bits per heavy atom. The van der Waals surface area contributed by atoms with Crippen molar-refractivity contribution in [2.75, 3.05) is 0 Å². The van der Waals surface area contributed by atoms with Crippen molar-refractivity contribution in [3.63, 3.8) is 0 Å². The first-order valence-corrected chi connectivity index (χ1v) is 6.69. The quantitative estimate of drug-likeness (QED) is 0.721. The van der Waals surface area contributed by atoms with Crippen LogP contribution >= 0.6 is 0 Å². The number of hydrogen-bond acceptors (Lipinski definition) is 2. The van der Waals surface area contributed by atoms with Crippen molar-refractivity contribution in [2.45, 2.75) is 50.5 Å². The van der Waals surface area contributed by atoms with Gasteiger partial charge in [0.05, 0.1) is 0 Å². The highest BCUT2D eigenvalue weighted by Crippen LogP contribution is 2.46. The Hall–Kier alpha value is -1.02. The summed E-state index contributed by atoms with van der Waals surface area (Å²) < 4.78 is 0. The van der Waals surface area contributed by atoms with Gasteiger partial charge >= 0.3 is 0 Å². The molecule has 0 amide bonds. The zero-order chi connectivity index (χ0) is 12.0. The molecule has 2 aliphatic rings. The van der Waals surface area contributed by atoms with Crippen LogP contribution in [-0.4, -0.2) is 11.1 Å². The standard InChI is InChI=1S/C15H21NO/c1-15-7-3-2-4-11(14(15)16)8-10-5-6-12(17)9-13(10)15/h5-6,9,11,14,17H,2-4,7-8,16H2,1H3/t11?,14?,15-/m1/s1. The average Bonchev–Trinajstić information content (AvgIpc) is 2.41. The van der Waals surface area contributed by atoms with Crippen molar-refractivity contribution in [1.29, 1.82) is 0 Å². The molecule has 0 aliphatic heterocycles. The van der Waals surface area contributed by atoms with Gasteiger partial charge in [-0.05, 0) is 48.4 Å². The van der Waals surface area contributed by atoms with E-state index in [1.807, 2.05) is 12.1 Å². The van der Waals surface area contributed by atoms with Crippen LogP contribution in [0.1, 0.15) is 43.7 Å². The third-order valence-corrected chi connectivity index (χ3v) is 4.96.